The summed E-state index contributed by atoms with van der Waals surface area (Å²) in [6.07, 6.45) is 0. The molecule has 2 N–H and O–H groups in total. The van der Waals surface area contributed by atoms with Crippen LogP contribution in [0.15, 0.2) is 18.2 Å². The molecular weight excluding hydrogens is 344 g/mol. The van der Waals surface area contributed by atoms with E-state index in [0.717, 1.165) is 6.07 Å². The summed E-state index contributed by atoms with van der Waals surface area (Å²) in [5.41, 5.74) is -0.00700. The summed E-state index contributed by atoms with van der Waals surface area (Å²) in [6, 6.07) is 3.16. The van der Waals surface area contributed by atoms with Gasteiger partial charge in [0.2, 0.25) is 0 Å². The Bertz CT molecular complexity index is 702. The highest BCUT2D eigenvalue weighted by Crippen LogP contribution is 2.27. The maximum absolute atomic E-state index is 12.0. The first kappa shape index (κ1) is 20.9. The number of hydrogen-bond acceptors (Lipinski definition) is 7. The Morgan fingerprint density at radius 1 is 1.27 bits per heavy atom. The van der Waals surface area contributed by atoms with Crippen LogP contribution in [0.25, 0.3) is 0 Å². The topological polar surface area (TPSA) is 131 Å². The van der Waals surface area contributed by atoms with Crippen LogP contribution in [-0.2, 0) is 9.53 Å². The van der Waals surface area contributed by atoms with Crippen molar-refractivity contribution in [3.05, 3.63) is 33.9 Å². The van der Waals surface area contributed by atoms with E-state index in [1.165, 1.54) is 17.0 Å². The summed E-state index contributed by atoms with van der Waals surface area (Å²) in [6.45, 7) is 3.49. The van der Waals surface area contributed by atoms with Crippen molar-refractivity contribution in [2.45, 2.75) is 13.8 Å². The van der Waals surface area contributed by atoms with Gasteiger partial charge in [-0.05, 0) is 18.1 Å². The fourth-order valence-corrected chi connectivity index (χ4v) is 1.89. The van der Waals surface area contributed by atoms with Crippen LogP contribution in [0.3, 0.4) is 0 Å². The molecule has 26 heavy (non-hydrogen) atoms. The van der Waals surface area contributed by atoms with Gasteiger partial charge >= 0.3 is 12.0 Å². The van der Waals surface area contributed by atoms with E-state index in [9.17, 15) is 24.5 Å². The molecule has 0 radical (unpaired) electrons. The molecule has 0 unspecified atom stereocenters. The second kappa shape index (κ2) is 9.35. The number of imide groups is 1. The van der Waals surface area contributed by atoms with Gasteiger partial charge in [0.05, 0.1) is 10.5 Å². The highest BCUT2D eigenvalue weighted by atomic mass is 16.6. The summed E-state index contributed by atoms with van der Waals surface area (Å²) in [7, 11) is 3.27. The molecule has 0 spiro atoms. The predicted octanol–water partition coefficient (Wildman–Crippen LogP) is 1.30. The van der Waals surface area contributed by atoms with Crippen molar-refractivity contribution >= 4 is 29.3 Å². The van der Waals surface area contributed by atoms with Crippen molar-refractivity contribution in [2.24, 2.45) is 5.92 Å². The summed E-state index contributed by atoms with van der Waals surface area (Å²) < 4.78 is 4.78. The molecule has 0 atom stereocenters. The molecule has 3 amide bonds. The zero-order valence-corrected chi connectivity index (χ0v) is 15.1. The molecule has 142 valence electrons. The summed E-state index contributed by atoms with van der Waals surface area (Å²) in [4.78, 5) is 47.0. The molecule has 10 nitrogen and oxygen atoms in total. The molecule has 0 fully saturated rings. The lowest BCUT2D eigenvalue weighted by molar-refractivity contribution is -0.384. The molecule has 1 aromatic carbocycles. The smallest absolute Gasteiger partial charge is 0.338 e. The number of nitro groups is 1. The summed E-state index contributed by atoms with van der Waals surface area (Å²) in [5.74, 6) is -1.50. The van der Waals surface area contributed by atoms with Gasteiger partial charge in [-0.15, -0.1) is 0 Å². The third-order valence-corrected chi connectivity index (χ3v) is 3.15. The van der Waals surface area contributed by atoms with Gasteiger partial charge < -0.3 is 15.0 Å². The predicted molar refractivity (Wildman–Crippen MR) is 94.1 cm³/mol. The molecule has 10 heteroatoms. The van der Waals surface area contributed by atoms with E-state index in [-0.39, 0.29) is 17.2 Å². The quantitative estimate of drug-likeness (QED) is 0.422. The van der Waals surface area contributed by atoms with Gasteiger partial charge in [0.1, 0.15) is 5.69 Å². The van der Waals surface area contributed by atoms with Crippen LogP contribution in [0, 0.1) is 16.0 Å². The minimum absolute atomic E-state index is 0.0700. The molecule has 0 aromatic heterocycles. The van der Waals surface area contributed by atoms with E-state index in [1.54, 1.807) is 14.1 Å². The highest BCUT2D eigenvalue weighted by molar-refractivity contribution is 5.97. The molecule has 0 heterocycles. The van der Waals surface area contributed by atoms with Crippen molar-refractivity contribution in [3.63, 3.8) is 0 Å². The van der Waals surface area contributed by atoms with E-state index in [1.807, 2.05) is 19.2 Å². The van der Waals surface area contributed by atoms with Crippen molar-refractivity contribution in [3.8, 4) is 0 Å². The Morgan fingerprint density at radius 3 is 2.46 bits per heavy atom. The number of rotatable bonds is 7. The van der Waals surface area contributed by atoms with E-state index < -0.39 is 29.4 Å². The van der Waals surface area contributed by atoms with Crippen LogP contribution in [0.2, 0.25) is 0 Å². The van der Waals surface area contributed by atoms with Crippen molar-refractivity contribution in [1.29, 1.82) is 0 Å². The maximum Gasteiger partial charge on any atom is 0.338 e. The number of carbonyl (C=O) groups is 3. The lowest BCUT2D eigenvalue weighted by Gasteiger charge is -2.13. The van der Waals surface area contributed by atoms with Gasteiger partial charge in [-0.3, -0.25) is 20.2 Å². The third-order valence-electron chi connectivity index (χ3n) is 3.15. The number of urea groups is 1. The molecule has 1 rings (SSSR count). The van der Waals surface area contributed by atoms with Gasteiger partial charge in [-0.1, -0.05) is 13.8 Å². The van der Waals surface area contributed by atoms with Crippen molar-refractivity contribution in [2.75, 3.05) is 32.1 Å². The maximum atomic E-state index is 12.0. The Hall–Kier alpha value is -3.17. The number of anilines is 1. The summed E-state index contributed by atoms with van der Waals surface area (Å²) in [5, 5.41) is 15.6. The number of hydrogen-bond donors (Lipinski definition) is 2. The number of benzene rings is 1. The number of amides is 3. The van der Waals surface area contributed by atoms with E-state index >= 15 is 0 Å². The number of nitrogens with zero attached hydrogens (tertiary/aromatic N) is 2. The van der Waals surface area contributed by atoms with Crippen LogP contribution < -0.4 is 15.5 Å². The van der Waals surface area contributed by atoms with Crippen LogP contribution in [0.5, 0.6) is 0 Å². The molecular formula is C16H22N4O6. The normalized spacial score (nSPS) is 10.2. The molecule has 0 aliphatic rings. The average Bonchev–Trinajstić information content (AvgIpc) is 2.57. The fourth-order valence-electron chi connectivity index (χ4n) is 1.89. The van der Waals surface area contributed by atoms with Crippen molar-refractivity contribution in [1.82, 2.24) is 10.6 Å². The second-order valence-corrected chi connectivity index (χ2v) is 6.08. The molecule has 0 aliphatic carbocycles. The Balaban J connectivity index is 2.65. The van der Waals surface area contributed by atoms with Crippen LogP contribution in [-0.4, -0.2) is 50.1 Å². The standard InChI is InChI=1S/C16H22N4O6/c1-10(2)8-17-16(23)18-14(21)9-26-15(22)11-5-6-12(19(3)4)13(7-11)20(24)25/h5-7,10H,8-9H2,1-4H3,(H2,17,18,21,23). The molecule has 0 bridgehead atoms. The number of carbonyl (C=O) groups excluding carboxylic acids is 3. The summed E-state index contributed by atoms with van der Waals surface area (Å²) >= 11 is 0. The van der Waals surface area contributed by atoms with Crippen molar-refractivity contribution < 1.29 is 24.0 Å². The monoisotopic (exact) mass is 366 g/mol. The zero-order valence-electron chi connectivity index (χ0n) is 15.1. The SMILES string of the molecule is CC(C)CNC(=O)NC(=O)COC(=O)c1ccc(N(C)C)c([N+](=O)[O-])c1. The van der Waals surface area contributed by atoms with Crippen LogP contribution >= 0.6 is 0 Å². The van der Waals surface area contributed by atoms with Crippen LogP contribution in [0.1, 0.15) is 24.2 Å². The van der Waals surface area contributed by atoms with Gasteiger partial charge in [0.15, 0.2) is 6.61 Å². The first-order valence-electron chi connectivity index (χ1n) is 7.82. The highest BCUT2D eigenvalue weighted by Gasteiger charge is 2.20. The third kappa shape index (κ3) is 6.38. The Labute approximate surface area is 150 Å². The molecule has 0 saturated heterocycles. The first-order valence-corrected chi connectivity index (χ1v) is 7.82. The van der Waals surface area contributed by atoms with Gasteiger partial charge in [-0.2, -0.15) is 0 Å². The number of esters is 1. The van der Waals surface area contributed by atoms with E-state index in [4.69, 9.17) is 4.74 Å². The molecule has 0 aliphatic heterocycles. The number of ether oxygens (including phenoxy) is 1. The second-order valence-electron chi connectivity index (χ2n) is 6.08. The average molecular weight is 366 g/mol. The van der Waals surface area contributed by atoms with E-state index in [0.29, 0.717) is 12.2 Å². The minimum atomic E-state index is -0.906. The molecule has 1 aromatic rings. The lowest BCUT2D eigenvalue weighted by atomic mass is 10.1. The lowest BCUT2D eigenvalue weighted by Crippen LogP contribution is -2.42. The first-order chi connectivity index (χ1) is 12.1. The van der Waals surface area contributed by atoms with Gasteiger partial charge in [0, 0.05) is 26.7 Å². The number of nitro benzene ring substituents is 1. The van der Waals surface area contributed by atoms with Gasteiger partial charge in [-0.25, -0.2) is 9.59 Å². The van der Waals surface area contributed by atoms with Crippen LogP contribution in [0.4, 0.5) is 16.2 Å². The largest absolute Gasteiger partial charge is 0.452 e. The number of nitrogens with one attached hydrogen (secondary N) is 2. The van der Waals surface area contributed by atoms with Gasteiger partial charge in [0.25, 0.3) is 11.6 Å². The Kier molecular flexibility index (Phi) is 7.51. The fraction of sp³-hybridized carbons (Fsp3) is 0.438. The molecule has 0 saturated carbocycles. The Morgan fingerprint density at radius 2 is 1.92 bits per heavy atom. The minimum Gasteiger partial charge on any atom is -0.452 e. The zero-order chi connectivity index (χ0) is 19.9. The van der Waals surface area contributed by atoms with E-state index in [2.05, 4.69) is 5.32 Å².